The predicted octanol–water partition coefficient (Wildman–Crippen LogP) is 6.95. The van der Waals surface area contributed by atoms with E-state index in [-0.39, 0.29) is 11.4 Å². The van der Waals surface area contributed by atoms with Crippen LogP contribution in [0.2, 0.25) is 0 Å². The molecule has 2 aromatic carbocycles. The fraction of sp³-hybridized carbons (Fsp3) is 0.542. The Balaban J connectivity index is 1.52. The van der Waals surface area contributed by atoms with Crippen LogP contribution in [0.5, 0.6) is 0 Å². The topological polar surface area (TPSA) is 23.8 Å². The van der Waals surface area contributed by atoms with E-state index in [0.717, 1.165) is 23.1 Å². The fourth-order valence-corrected chi connectivity index (χ4v) is 5.61. The van der Waals surface area contributed by atoms with E-state index in [1.165, 1.54) is 56.9 Å². The number of halogens is 1. The molecule has 2 aliphatic rings. The molecule has 0 N–H and O–H groups in total. The lowest BCUT2D eigenvalue weighted by molar-refractivity contribution is 0.114. The van der Waals surface area contributed by atoms with E-state index in [9.17, 15) is 4.39 Å². The Morgan fingerprint density at radius 3 is 2.65 bits per heavy atom. The molecule has 0 bridgehead atoms. The third-order valence-corrected chi connectivity index (χ3v) is 6.99. The molecule has 2 aromatic rings. The molecule has 136 valence electrons. The lowest BCUT2D eigenvalue weighted by atomic mass is 9.63. The van der Waals surface area contributed by atoms with E-state index in [1.54, 1.807) is 6.07 Å². The third kappa shape index (κ3) is 3.25. The molecule has 2 heteroatoms. The van der Waals surface area contributed by atoms with Crippen molar-refractivity contribution in [3.8, 4) is 6.07 Å². The normalized spacial score (nSPS) is 28.5. The van der Waals surface area contributed by atoms with Crippen molar-refractivity contribution in [3.05, 3.63) is 47.3 Å². The van der Waals surface area contributed by atoms with Gasteiger partial charge in [0.2, 0.25) is 0 Å². The standard InChI is InChI=1S/C24H28FN/c1-2-3-16-4-5-18-13-19(7-6-17(18)12-16)20-10-11-23-21(14-20)8-9-22(15-26)24(23)25/h8-11,14,16-19H,2-7,12-13H2,1H3/t16-,17?,18-,19?/m1/s1. The van der Waals surface area contributed by atoms with E-state index in [2.05, 4.69) is 19.1 Å². The van der Waals surface area contributed by atoms with Gasteiger partial charge in [-0.1, -0.05) is 50.5 Å². The van der Waals surface area contributed by atoms with Gasteiger partial charge < -0.3 is 0 Å². The quantitative estimate of drug-likeness (QED) is 0.588. The van der Waals surface area contributed by atoms with Crippen LogP contribution in [0.1, 0.15) is 75.3 Å². The number of benzene rings is 2. The molecule has 0 saturated heterocycles. The number of nitrogens with zero attached hydrogens (tertiary/aromatic N) is 1. The van der Waals surface area contributed by atoms with Crippen molar-refractivity contribution in [2.75, 3.05) is 0 Å². The first kappa shape index (κ1) is 17.5. The van der Waals surface area contributed by atoms with Crippen LogP contribution in [0.25, 0.3) is 10.8 Å². The van der Waals surface area contributed by atoms with Crippen LogP contribution in [0.4, 0.5) is 4.39 Å². The molecule has 2 aliphatic carbocycles. The van der Waals surface area contributed by atoms with Crippen molar-refractivity contribution < 1.29 is 4.39 Å². The first-order valence-electron chi connectivity index (χ1n) is 10.3. The van der Waals surface area contributed by atoms with Crippen LogP contribution in [0.15, 0.2) is 30.3 Å². The molecule has 0 radical (unpaired) electrons. The summed E-state index contributed by atoms with van der Waals surface area (Å²) in [6.07, 6.45) is 10.9. The van der Waals surface area contributed by atoms with Crippen molar-refractivity contribution >= 4 is 10.8 Å². The van der Waals surface area contributed by atoms with Crippen molar-refractivity contribution in [2.24, 2.45) is 17.8 Å². The summed E-state index contributed by atoms with van der Waals surface area (Å²) in [5.74, 6) is 3.02. The van der Waals surface area contributed by atoms with Crippen molar-refractivity contribution in [3.63, 3.8) is 0 Å². The highest BCUT2D eigenvalue weighted by molar-refractivity contribution is 5.85. The predicted molar refractivity (Wildman–Crippen MR) is 104 cm³/mol. The van der Waals surface area contributed by atoms with Crippen LogP contribution >= 0.6 is 0 Å². The molecule has 0 heterocycles. The summed E-state index contributed by atoms with van der Waals surface area (Å²) in [6.45, 7) is 2.31. The van der Waals surface area contributed by atoms with Crippen LogP contribution in [-0.2, 0) is 0 Å². The minimum Gasteiger partial charge on any atom is -0.205 e. The third-order valence-electron chi connectivity index (χ3n) is 6.99. The van der Waals surface area contributed by atoms with Gasteiger partial charge in [0.15, 0.2) is 0 Å². The second-order valence-corrected chi connectivity index (χ2v) is 8.52. The van der Waals surface area contributed by atoms with Gasteiger partial charge in [-0.05, 0) is 72.8 Å². The highest BCUT2D eigenvalue weighted by atomic mass is 19.1. The maximum Gasteiger partial charge on any atom is 0.148 e. The summed E-state index contributed by atoms with van der Waals surface area (Å²) in [4.78, 5) is 0. The summed E-state index contributed by atoms with van der Waals surface area (Å²) in [7, 11) is 0. The number of rotatable bonds is 3. The molecule has 4 rings (SSSR count). The molecule has 2 unspecified atom stereocenters. The van der Waals surface area contributed by atoms with Gasteiger partial charge in [0.05, 0.1) is 5.56 Å². The van der Waals surface area contributed by atoms with E-state index < -0.39 is 0 Å². The summed E-state index contributed by atoms with van der Waals surface area (Å²) < 4.78 is 14.3. The molecule has 1 nitrogen and oxygen atoms in total. The smallest absolute Gasteiger partial charge is 0.148 e. The summed E-state index contributed by atoms with van der Waals surface area (Å²) in [5, 5.41) is 10.5. The molecule has 0 spiro atoms. The molecular weight excluding hydrogens is 321 g/mol. The van der Waals surface area contributed by atoms with Gasteiger partial charge in [-0.2, -0.15) is 5.26 Å². The molecule has 2 fully saturated rings. The largest absolute Gasteiger partial charge is 0.205 e. The Kier molecular flexibility index (Phi) is 4.98. The highest BCUT2D eigenvalue weighted by Gasteiger charge is 2.35. The zero-order valence-electron chi connectivity index (χ0n) is 15.7. The molecule has 26 heavy (non-hydrogen) atoms. The van der Waals surface area contributed by atoms with Crippen molar-refractivity contribution in [2.45, 2.75) is 64.2 Å². The van der Waals surface area contributed by atoms with Gasteiger partial charge in [-0.3, -0.25) is 0 Å². The Bertz CT molecular complexity index is 834. The second-order valence-electron chi connectivity index (χ2n) is 8.52. The first-order valence-corrected chi connectivity index (χ1v) is 10.3. The molecule has 2 saturated carbocycles. The number of nitriles is 1. The van der Waals surface area contributed by atoms with Crippen molar-refractivity contribution in [1.29, 1.82) is 5.26 Å². The molecule has 4 atom stereocenters. The average Bonchev–Trinajstić information content (AvgIpc) is 2.68. The Morgan fingerprint density at radius 2 is 1.85 bits per heavy atom. The summed E-state index contributed by atoms with van der Waals surface area (Å²) in [6, 6.07) is 11.6. The average molecular weight is 349 g/mol. The van der Waals surface area contributed by atoms with Crippen molar-refractivity contribution in [1.82, 2.24) is 0 Å². The Morgan fingerprint density at radius 1 is 1.04 bits per heavy atom. The van der Waals surface area contributed by atoms with Gasteiger partial charge in [-0.15, -0.1) is 0 Å². The lowest BCUT2D eigenvalue weighted by Gasteiger charge is -2.42. The second kappa shape index (κ2) is 7.39. The lowest BCUT2D eigenvalue weighted by Crippen LogP contribution is -2.30. The van der Waals surface area contributed by atoms with Gasteiger partial charge >= 0.3 is 0 Å². The number of hydrogen-bond acceptors (Lipinski definition) is 1. The summed E-state index contributed by atoms with van der Waals surface area (Å²) >= 11 is 0. The van der Waals surface area contributed by atoms with Crippen LogP contribution in [0, 0.1) is 34.9 Å². The van der Waals surface area contributed by atoms with Crippen LogP contribution in [0.3, 0.4) is 0 Å². The SMILES string of the molecule is CCC[C@@H]1CC[C@@H]2CC(c3ccc4c(F)c(C#N)ccc4c3)CCC2C1. The van der Waals surface area contributed by atoms with Gasteiger partial charge in [0.1, 0.15) is 11.9 Å². The molecule has 0 amide bonds. The monoisotopic (exact) mass is 349 g/mol. The minimum atomic E-state index is -0.380. The maximum absolute atomic E-state index is 14.3. The zero-order valence-corrected chi connectivity index (χ0v) is 15.7. The van der Waals surface area contributed by atoms with E-state index in [1.807, 2.05) is 18.2 Å². The first-order chi connectivity index (χ1) is 12.7. The number of fused-ring (bicyclic) bond motifs is 2. The maximum atomic E-state index is 14.3. The van der Waals surface area contributed by atoms with Gasteiger partial charge in [-0.25, -0.2) is 4.39 Å². The van der Waals surface area contributed by atoms with Gasteiger partial charge in [0, 0.05) is 5.39 Å². The van der Waals surface area contributed by atoms with E-state index >= 15 is 0 Å². The zero-order chi connectivity index (χ0) is 18.1. The van der Waals surface area contributed by atoms with Crippen LogP contribution in [-0.4, -0.2) is 0 Å². The molecule has 0 aromatic heterocycles. The fourth-order valence-electron chi connectivity index (χ4n) is 5.61. The van der Waals surface area contributed by atoms with Gasteiger partial charge in [0.25, 0.3) is 0 Å². The highest BCUT2D eigenvalue weighted by Crippen LogP contribution is 2.48. The van der Waals surface area contributed by atoms with E-state index in [4.69, 9.17) is 5.26 Å². The molecule has 0 aliphatic heterocycles. The Hall–Kier alpha value is -1.88. The minimum absolute atomic E-state index is 0.134. The van der Waals surface area contributed by atoms with E-state index in [0.29, 0.717) is 11.3 Å². The van der Waals surface area contributed by atoms with Crippen LogP contribution < -0.4 is 0 Å². The summed E-state index contributed by atoms with van der Waals surface area (Å²) in [5.41, 5.74) is 1.49. The number of hydrogen-bond donors (Lipinski definition) is 0. The molecular formula is C24H28FN. The Labute approximate surface area is 156 Å².